The predicted octanol–water partition coefficient (Wildman–Crippen LogP) is 4.44. The van der Waals surface area contributed by atoms with Crippen molar-refractivity contribution in [1.82, 2.24) is 10.6 Å². The normalized spacial score (nSPS) is 16.0. The standard InChI is InChI=1S/C19H34N2/c1-9-13-21-16(8)17(11-3)19(20-12-4)18(14(5)6)15(7)10-2/h10-11,15,18-21H,2,5,8-9,12-13H2,1,3-4,6-7H3/b17-11+. The second-order valence-electron chi connectivity index (χ2n) is 5.65. The molecule has 2 nitrogen and oxygen atoms in total. The van der Waals surface area contributed by atoms with Crippen molar-refractivity contribution in [1.29, 1.82) is 0 Å². The lowest BCUT2D eigenvalue weighted by Gasteiger charge is -2.34. The summed E-state index contributed by atoms with van der Waals surface area (Å²) >= 11 is 0. The summed E-state index contributed by atoms with van der Waals surface area (Å²) in [5, 5.41) is 7.02. The molecular formula is C19H34N2. The van der Waals surface area contributed by atoms with Gasteiger partial charge in [-0.15, -0.1) is 6.58 Å². The SMILES string of the molecule is C=CC(C)C(C(=C)C)C(NCC)/C(=C/C)C(=C)NCCC. The molecule has 0 aliphatic carbocycles. The quantitative estimate of drug-likeness (QED) is 0.434. The number of nitrogens with one attached hydrogen (secondary N) is 2. The zero-order valence-electron chi connectivity index (χ0n) is 14.6. The fourth-order valence-electron chi connectivity index (χ4n) is 2.75. The molecule has 0 aromatic heterocycles. The highest BCUT2D eigenvalue weighted by atomic mass is 14.9. The van der Waals surface area contributed by atoms with Crippen LogP contribution in [0.25, 0.3) is 0 Å². The van der Waals surface area contributed by atoms with Gasteiger partial charge in [0.15, 0.2) is 0 Å². The zero-order valence-corrected chi connectivity index (χ0v) is 14.6. The summed E-state index contributed by atoms with van der Waals surface area (Å²) in [5.74, 6) is 0.675. The third-order valence-electron chi connectivity index (χ3n) is 3.87. The van der Waals surface area contributed by atoms with Gasteiger partial charge in [-0.1, -0.05) is 51.7 Å². The first-order chi connectivity index (χ1) is 9.94. The Hall–Kier alpha value is -1.28. The molecular weight excluding hydrogens is 256 g/mol. The average molecular weight is 290 g/mol. The maximum Gasteiger partial charge on any atom is 0.0408 e. The van der Waals surface area contributed by atoms with Gasteiger partial charge < -0.3 is 10.6 Å². The highest BCUT2D eigenvalue weighted by Gasteiger charge is 2.29. The summed E-state index contributed by atoms with van der Waals surface area (Å²) in [6.45, 7) is 24.9. The summed E-state index contributed by atoms with van der Waals surface area (Å²) < 4.78 is 0. The fourth-order valence-corrected chi connectivity index (χ4v) is 2.75. The largest absolute Gasteiger partial charge is 0.385 e. The van der Waals surface area contributed by atoms with E-state index in [0.29, 0.717) is 11.8 Å². The Morgan fingerprint density at radius 3 is 2.24 bits per heavy atom. The van der Waals surface area contributed by atoms with Crippen LogP contribution in [0.1, 0.15) is 41.0 Å². The topological polar surface area (TPSA) is 24.1 Å². The Balaban J connectivity index is 5.44. The molecule has 0 spiro atoms. The van der Waals surface area contributed by atoms with Gasteiger partial charge in [-0.05, 0) is 38.3 Å². The van der Waals surface area contributed by atoms with Crippen LogP contribution in [0.2, 0.25) is 0 Å². The molecule has 2 N–H and O–H groups in total. The molecule has 2 heteroatoms. The summed E-state index contributed by atoms with van der Waals surface area (Å²) in [5.41, 5.74) is 3.41. The minimum atomic E-state index is 0.211. The van der Waals surface area contributed by atoms with Crippen molar-refractivity contribution in [3.05, 3.63) is 48.7 Å². The second kappa shape index (κ2) is 10.4. The molecule has 0 aromatic rings. The summed E-state index contributed by atoms with van der Waals surface area (Å²) in [7, 11) is 0. The predicted molar refractivity (Wildman–Crippen MR) is 96.3 cm³/mol. The van der Waals surface area contributed by atoms with Crippen LogP contribution in [-0.2, 0) is 0 Å². The van der Waals surface area contributed by atoms with Crippen molar-refractivity contribution in [3.63, 3.8) is 0 Å². The van der Waals surface area contributed by atoms with Gasteiger partial charge in [-0.25, -0.2) is 0 Å². The molecule has 0 radical (unpaired) electrons. The maximum absolute atomic E-state index is 4.22. The van der Waals surface area contributed by atoms with Gasteiger partial charge in [0, 0.05) is 24.2 Å². The Bertz CT molecular complexity index is 379. The van der Waals surface area contributed by atoms with E-state index in [-0.39, 0.29) is 6.04 Å². The molecule has 0 aliphatic rings. The van der Waals surface area contributed by atoms with Crippen molar-refractivity contribution < 1.29 is 0 Å². The highest BCUT2D eigenvalue weighted by molar-refractivity contribution is 5.34. The average Bonchev–Trinajstić information content (AvgIpc) is 2.45. The molecule has 3 unspecified atom stereocenters. The van der Waals surface area contributed by atoms with Crippen molar-refractivity contribution in [2.75, 3.05) is 13.1 Å². The first-order valence-electron chi connectivity index (χ1n) is 8.05. The maximum atomic E-state index is 4.22. The van der Waals surface area contributed by atoms with Gasteiger partial charge >= 0.3 is 0 Å². The third kappa shape index (κ3) is 5.92. The number of likely N-dealkylation sites (N-methyl/N-ethyl adjacent to an activating group) is 1. The Kier molecular flexibility index (Phi) is 9.81. The van der Waals surface area contributed by atoms with Gasteiger partial charge in [0.25, 0.3) is 0 Å². The van der Waals surface area contributed by atoms with Crippen molar-refractivity contribution in [2.45, 2.75) is 47.1 Å². The van der Waals surface area contributed by atoms with E-state index in [0.717, 1.165) is 25.2 Å². The van der Waals surface area contributed by atoms with E-state index in [1.165, 1.54) is 11.1 Å². The smallest absolute Gasteiger partial charge is 0.0408 e. The van der Waals surface area contributed by atoms with Crippen LogP contribution in [0.15, 0.2) is 48.7 Å². The summed E-state index contributed by atoms with van der Waals surface area (Å²) in [6, 6.07) is 0.211. The second-order valence-corrected chi connectivity index (χ2v) is 5.65. The van der Waals surface area contributed by atoms with Crippen LogP contribution in [0, 0.1) is 11.8 Å². The lowest BCUT2D eigenvalue weighted by Crippen LogP contribution is -2.42. The highest BCUT2D eigenvalue weighted by Crippen LogP contribution is 2.30. The van der Waals surface area contributed by atoms with Crippen LogP contribution in [-0.4, -0.2) is 19.1 Å². The molecule has 0 saturated carbocycles. The van der Waals surface area contributed by atoms with Crippen LogP contribution in [0.5, 0.6) is 0 Å². The van der Waals surface area contributed by atoms with Crippen molar-refractivity contribution in [3.8, 4) is 0 Å². The molecule has 0 heterocycles. The fraction of sp³-hybridized carbons (Fsp3) is 0.579. The third-order valence-corrected chi connectivity index (χ3v) is 3.87. The minimum absolute atomic E-state index is 0.211. The van der Waals surface area contributed by atoms with Crippen LogP contribution in [0.3, 0.4) is 0 Å². The monoisotopic (exact) mass is 290 g/mol. The van der Waals surface area contributed by atoms with E-state index in [4.69, 9.17) is 0 Å². The van der Waals surface area contributed by atoms with E-state index < -0.39 is 0 Å². The van der Waals surface area contributed by atoms with E-state index in [1.807, 2.05) is 6.08 Å². The lowest BCUT2D eigenvalue weighted by atomic mass is 9.78. The van der Waals surface area contributed by atoms with E-state index >= 15 is 0 Å². The molecule has 0 amide bonds. The molecule has 0 aromatic carbocycles. The van der Waals surface area contributed by atoms with Crippen molar-refractivity contribution >= 4 is 0 Å². The first kappa shape index (κ1) is 19.7. The van der Waals surface area contributed by atoms with E-state index in [1.54, 1.807) is 0 Å². The molecule has 0 fully saturated rings. The van der Waals surface area contributed by atoms with Crippen molar-refractivity contribution in [2.24, 2.45) is 11.8 Å². The minimum Gasteiger partial charge on any atom is -0.385 e. The molecule has 120 valence electrons. The van der Waals surface area contributed by atoms with Gasteiger partial charge in [-0.3, -0.25) is 0 Å². The molecule has 0 rings (SSSR count). The van der Waals surface area contributed by atoms with Crippen LogP contribution >= 0.6 is 0 Å². The number of allylic oxidation sites excluding steroid dienone is 2. The molecule has 3 atom stereocenters. The molecule has 0 aliphatic heterocycles. The summed E-state index contributed by atoms with van der Waals surface area (Å²) in [6.07, 6.45) is 5.26. The van der Waals surface area contributed by atoms with Gasteiger partial charge in [0.05, 0.1) is 0 Å². The van der Waals surface area contributed by atoms with E-state index in [9.17, 15) is 0 Å². The number of hydrogen-bond acceptors (Lipinski definition) is 2. The van der Waals surface area contributed by atoms with Gasteiger partial charge in [-0.2, -0.15) is 0 Å². The van der Waals surface area contributed by atoms with Crippen LogP contribution in [0.4, 0.5) is 0 Å². The summed E-state index contributed by atoms with van der Waals surface area (Å²) in [4.78, 5) is 0. The zero-order chi connectivity index (χ0) is 16.4. The Labute approximate surface area is 132 Å². The molecule has 21 heavy (non-hydrogen) atoms. The van der Waals surface area contributed by atoms with Crippen LogP contribution < -0.4 is 10.6 Å². The van der Waals surface area contributed by atoms with E-state index in [2.05, 4.69) is 71.1 Å². The van der Waals surface area contributed by atoms with Gasteiger partial charge in [0.1, 0.15) is 0 Å². The Morgan fingerprint density at radius 1 is 1.24 bits per heavy atom. The molecule has 0 saturated heterocycles. The molecule has 0 bridgehead atoms. The number of rotatable bonds is 11. The first-order valence-corrected chi connectivity index (χ1v) is 8.05. The lowest BCUT2D eigenvalue weighted by molar-refractivity contribution is 0.378. The van der Waals surface area contributed by atoms with Gasteiger partial charge in [0.2, 0.25) is 0 Å². The Morgan fingerprint density at radius 2 is 1.86 bits per heavy atom. The number of hydrogen-bond donors (Lipinski definition) is 2.